The Bertz CT molecular complexity index is 736. The predicted octanol–water partition coefficient (Wildman–Crippen LogP) is 5.16. The number of methoxy groups -OCH3 is 1. The number of halogens is 4. The average molecular weight is 345 g/mol. The molecular weight excluding hydrogens is 333 g/mol. The summed E-state index contributed by atoms with van der Waals surface area (Å²) in [4.78, 5) is 0. The van der Waals surface area contributed by atoms with Crippen LogP contribution in [0.3, 0.4) is 0 Å². The zero-order chi connectivity index (χ0) is 16.4. The van der Waals surface area contributed by atoms with Gasteiger partial charge in [-0.25, -0.2) is 8.78 Å². The smallest absolute Gasteiger partial charge is 0.160 e. The van der Waals surface area contributed by atoms with E-state index in [1.807, 2.05) is 13.8 Å². The predicted molar refractivity (Wildman–Crippen MR) is 83.3 cm³/mol. The van der Waals surface area contributed by atoms with Gasteiger partial charge < -0.3 is 4.74 Å². The van der Waals surface area contributed by atoms with Crippen LogP contribution in [0, 0.1) is 11.6 Å². The second-order valence-corrected chi connectivity index (χ2v) is 5.47. The minimum atomic E-state index is -0.828. The highest BCUT2D eigenvalue weighted by Crippen LogP contribution is 2.38. The minimum absolute atomic E-state index is 0.00946. The highest BCUT2D eigenvalue weighted by atomic mass is 35.5. The van der Waals surface area contributed by atoms with Crippen LogP contribution in [-0.4, -0.2) is 17.3 Å². The maximum atomic E-state index is 14.3. The van der Waals surface area contributed by atoms with Crippen molar-refractivity contribution >= 4 is 29.3 Å². The molecule has 0 unspecified atom stereocenters. The first kappa shape index (κ1) is 16.6. The second-order valence-electron chi connectivity index (χ2n) is 4.76. The van der Waals surface area contributed by atoms with Gasteiger partial charge in [0.25, 0.3) is 0 Å². The fourth-order valence-corrected chi connectivity index (χ4v) is 2.39. The van der Waals surface area contributed by atoms with Crippen LogP contribution in [0.4, 0.5) is 8.78 Å². The van der Waals surface area contributed by atoms with E-state index in [1.165, 1.54) is 7.11 Å². The largest absolute Gasteiger partial charge is 0.497 e. The number of ether oxygens (including phenoxy) is 1. The van der Waals surface area contributed by atoms with Crippen molar-refractivity contribution in [2.75, 3.05) is 7.11 Å². The van der Waals surface area contributed by atoms with E-state index in [1.54, 1.807) is 6.08 Å². The van der Waals surface area contributed by atoms with E-state index in [0.29, 0.717) is 5.56 Å². The Kier molecular flexibility index (Phi) is 4.98. The van der Waals surface area contributed by atoms with Crippen molar-refractivity contribution in [3.05, 3.63) is 45.2 Å². The van der Waals surface area contributed by atoms with Gasteiger partial charge in [-0.3, -0.25) is 0 Å². The Morgan fingerprint density at radius 1 is 1.05 bits per heavy atom. The molecule has 22 heavy (non-hydrogen) atoms. The van der Waals surface area contributed by atoms with Crippen LogP contribution in [-0.2, 0) is 0 Å². The van der Waals surface area contributed by atoms with E-state index in [0.717, 1.165) is 17.7 Å². The van der Waals surface area contributed by atoms with Gasteiger partial charge in [0, 0.05) is 23.3 Å². The summed E-state index contributed by atoms with van der Waals surface area (Å²) in [5.41, 5.74) is 0.904. The molecule has 2 aromatic rings. The number of aromatic nitrogens is 2. The maximum absolute atomic E-state index is 14.3. The topological polar surface area (TPSA) is 35.0 Å². The van der Waals surface area contributed by atoms with Crippen LogP contribution in [0.1, 0.15) is 19.4 Å². The van der Waals surface area contributed by atoms with Gasteiger partial charge >= 0.3 is 0 Å². The molecule has 1 heterocycles. The quantitative estimate of drug-likeness (QED) is 0.771. The Balaban J connectivity index is 2.83. The molecule has 0 aliphatic heterocycles. The molecule has 0 saturated carbocycles. The van der Waals surface area contributed by atoms with Gasteiger partial charge in [0.15, 0.2) is 10.3 Å². The molecule has 0 spiro atoms. The normalized spacial score (nSPS) is 10.5. The molecule has 0 bridgehead atoms. The first-order valence-electron chi connectivity index (χ1n) is 6.25. The molecule has 1 aromatic heterocycles. The van der Waals surface area contributed by atoms with E-state index in [2.05, 4.69) is 10.2 Å². The molecule has 0 fully saturated rings. The van der Waals surface area contributed by atoms with Crippen molar-refractivity contribution in [3.8, 4) is 16.9 Å². The van der Waals surface area contributed by atoms with Crippen molar-refractivity contribution in [2.45, 2.75) is 13.8 Å². The van der Waals surface area contributed by atoms with Crippen LogP contribution in [0.5, 0.6) is 5.75 Å². The summed E-state index contributed by atoms with van der Waals surface area (Å²) < 4.78 is 33.5. The molecular formula is C15H12Cl2F2N2O. The van der Waals surface area contributed by atoms with Gasteiger partial charge in [-0.1, -0.05) is 34.9 Å². The van der Waals surface area contributed by atoms with E-state index < -0.39 is 11.6 Å². The molecule has 0 radical (unpaired) electrons. The number of benzene rings is 1. The van der Waals surface area contributed by atoms with E-state index in [9.17, 15) is 8.78 Å². The van der Waals surface area contributed by atoms with Crippen molar-refractivity contribution in [1.82, 2.24) is 10.2 Å². The summed E-state index contributed by atoms with van der Waals surface area (Å²) in [6.07, 6.45) is 1.64. The summed E-state index contributed by atoms with van der Waals surface area (Å²) in [6.45, 7) is 3.63. The van der Waals surface area contributed by atoms with E-state index in [4.69, 9.17) is 27.9 Å². The number of rotatable bonds is 3. The SMILES string of the molecule is COc1cc(F)c(-c2c(Cl)nnc(Cl)c2C=C(C)C)c(F)c1. The van der Waals surface area contributed by atoms with Crippen LogP contribution >= 0.6 is 23.2 Å². The third kappa shape index (κ3) is 3.20. The number of hydrogen-bond donors (Lipinski definition) is 0. The zero-order valence-corrected chi connectivity index (χ0v) is 13.6. The lowest BCUT2D eigenvalue weighted by Crippen LogP contribution is -2.00. The van der Waals surface area contributed by atoms with Crippen LogP contribution in [0.25, 0.3) is 17.2 Å². The fourth-order valence-electron chi connectivity index (χ4n) is 1.97. The first-order chi connectivity index (χ1) is 10.3. The van der Waals surface area contributed by atoms with Gasteiger partial charge in [0.05, 0.1) is 12.7 Å². The molecule has 7 heteroatoms. The van der Waals surface area contributed by atoms with E-state index >= 15 is 0 Å². The van der Waals surface area contributed by atoms with Crippen molar-refractivity contribution in [3.63, 3.8) is 0 Å². The molecule has 0 aliphatic rings. The van der Waals surface area contributed by atoms with Crippen LogP contribution < -0.4 is 4.74 Å². The number of allylic oxidation sites excluding steroid dienone is 1. The highest BCUT2D eigenvalue weighted by Gasteiger charge is 2.22. The molecule has 0 amide bonds. The van der Waals surface area contributed by atoms with Crippen LogP contribution in [0.15, 0.2) is 17.7 Å². The molecule has 116 valence electrons. The summed E-state index contributed by atoms with van der Waals surface area (Å²) in [5.74, 6) is -1.59. The molecule has 0 atom stereocenters. The third-order valence-corrected chi connectivity index (χ3v) is 3.40. The van der Waals surface area contributed by atoms with Crippen molar-refractivity contribution in [2.24, 2.45) is 0 Å². The van der Waals surface area contributed by atoms with Gasteiger partial charge in [-0.05, 0) is 13.8 Å². The Morgan fingerprint density at radius 2 is 1.59 bits per heavy atom. The lowest BCUT2D eigenvalue weighted by molar-refractivity contribution is 0.407. The maximum Gasteiger partial charge on any atom is 0.160 e. The highest BCUT2D eigenvalue weighted by molar-refractivity contribution is 6.35. The first-order valence-corrected chi connectivity index (χ1v) is 7.00. The van der Waals surface area contributed by atoms with Crippen molar-refractivity contribution < 1.29 is 13.5 Å². The lowest BCUT2D eigenvalue weighted by Gasteiger charge is -2.12. The zero-order valence-electron chi connectivity index (χ0n) is 12.0. The fraction of sp³-hybridized carbons (Fsp3) is 0.200. The Labute approximate surface area is 136 Å². The molecule has 2 rings (SSSR count). The third-order valence-electron chi connectivity index (χ3n) is 2.86. The summed E-state index contributed by atoms with van der Waals surface area (Å²) in [6, 6.07) is 2.13. The summed E-state index contributed by atoms with van der Waals surface area (Å²) in [5, 5.41) is 7.19. The van der Waals surface area contributed by atoms with Gasteiger partial charge in [0.1, 0.15) is 17.4 Å². The molecule has 0 saturated heterocycles. The van der Waals surface area contributed by atoms with Crippen LogP contribution in [0.2, 0.25) is 10.3 Å². The second kappa shape index (κ2) is 6.58. The van der Waals surface area contributed by atoms with Gasteiger partial charge in [-0.15, -0.1) is 10.2 Å². The number of nitrogens with zero attached hydrogens (tertiary/aromatic N) is 2. The summed E-state index contributed by atoms with van der Waals surface area (Å²) in [7, 11) is 1.32. The molecule has 3 nitrogen and oxygen atoms in total. The van der Waals surface area contributed by atoms with Gasteiger partial charge in [0.2, 0.25) is 0 Å². The standard InChI is InChI=1S/C15H12Cl2F2N2O/c1-7(2)4-9-12(15(17)21-20-14(9)16)13-10(18)5-8(22-3)6-11(13)19/h4-6H,1-3H3. The minimum Gasteiger partial charge on any atom is -0.497 e. The average Bonchev–Trinajstić information content (AvgIpc) is 2.44. The Morgan fingerprint density at radius 3 is 2.09 bits per heavy atom. The number of hydrogen-bond acceptors (Lipinski definition) is 3. The lowest BCUT2D eigenvalue weighted by atomic mass is 10.00. The molecule has 0 aliphatic carbocycles. The van der Waals surface area contributed by atoms with Crippen molar-refractivity contribution in [1.29, 1.82) is 0 Å². The summed E-state index contributed by atoms with van der Waals surface area (Å²) >= 11 is 12.0. The van der Waals surface area contributed by atoms with Gasteiger partial charge in [-0.2, -0.15) is 0 Å². The van der Waals surface area contributed by atoms with E-state index in [-0.39, 0.29) is 27.2 Å². The molecule has 1 aromatic carbocycles. The monoisotopic (exact) mass is 344 g/mol. The molecule has 0 N–H and O–H groups in total. The Hall–Kier alpha value is -1.72.